The summed E-state index contributed by atoms with van der Waals surface area (Å²) in [5.74, 6) is 0.503. The maximum absolute atomic E-state index is 13.1. The summed E-state index contributed by atoms with van der Waals surface area (Å²) in [7, 11) is 0. The molecule has 2 heterocycles. The second-order valence-electron chi connectivity index (χ2n) is 8.92. The fourth-order valence-electron chi connectivity index (χ4n) is 3.95. The number of hydrogen-bond donors (Lipinski definition) is 0. The van der Waals surface area contributed by atoms with Crippen molar-refractivity contribution in [2.75, 3.05) is 13.1 Å². The maximum Gasteiger partial charge on any atom is 1.00 e. The molecule has 3 rings (SSSR count). The van der Waals surface area contributed by atoms with Crippen molar-refractivity contribution in [3.8, 4) is 5.75 Å². The molecule has 0 aliphatic carbocycles. The molecule has 1 saturated heterocycles. The average Bonchev–Trinajstić information content (AvgIpc) is 2.58. The molecule has 2 aliphatic heterocycles. The van der Waals surface area contributed by atoms with Crippen LogP contribution in [0.1, 0.15) is 67.6 Å². The number of ether oxygens (including phenoxy) is 2. The number of amides is 1. The van der Waals surface area contributed by atoms with Crippen LogP contribution in [-0.2, 0) is 24.2 Å². The Bertz CT molecular complexity index is 789. The number of ketones is 1. The van der Waals surface area contributed by atoms with Crippen LogP contribution in [0.5, 0.6) is 5.75 Å². The third-order valence-electron chi connectivity index (χ3n) is 6.00. The SMILES string of the molecule is Cc1[c-]c2c(c(C)c1C)OC1(CCN(C(=O)OC(C)(C)C)CC1)C(C)C2=O.[Ru+]. The zero-order chi connectivity index (χ0) is 20.1. The normalized spacial score (nSPS) is 20.9. The van der Waals surface area contributed by atoms with E-state index in [2.05, 4.69) is 6.07 Å². The number of rotatable bonds is 0. The minimum atomic E-state index is -0.567. The summed E-state index contributed by atoms with van der Waals surface area (Å²) in [6.07, 6.45) is 0.930. The molecule has 6 heteroatoms. The molecule has 0 bridgehead atoms. The smallest absolute Gasteiger partial charge is 0.530 e. The first kappa shape index (κ1) is 22.9. The Morgan fingerprint density at radius 3 is 2.29 bits per heavy atom. The summed E-state index contributed by atoms with van der Waals surface area (Å²) in [6.45, 7) is 14.6. The third kappa shape index (κ3) is 3.98. The van der Waals surface area contributed by atoms with Gasteiger partial charge in [0.1, 0.15) is 11.2 Å². The Morgan fingerprint density at radius 2 is 1.75 bits per heavy atom. The van der Waals surface area contributed by atoms with E-state index in [0.717, 1.165) is 16.7 Å². The fourth-order valence-corrected chi connectivity index (χ4v) is 3.95. The van der Waals surface area contributed by atoms with Crippen LogP contribution < -0.4 is 4.74 Å². The molecule has 28 heavy (non-hydrogen) atoms. The zero-order valence-electron chi connectivity index (χ0n) is 17.8. The Kier molecular flexibility index (Phi) is 6.35. The summed E-state index contributed by atoms with van der Waals surface area (Å²) in [5, 5.41) is 0. The molecule has 5 nitrogen and oxygen atoms in total. The molecule has 0 aromatic heterocycles. The number of benzene rings is 1. The van der Waals surface area contributed by atoms with Crippen LogP contribution in [-0.4, -0.2) is 41.1 Å². The Labute approximate surface area is 180 Å². The summed E-state index contributed by atoms with van der Waals surface area (Å²) in [4.78, 5) is 27.2. The van der Waals surface area contributed by atoms with Crippen molar-refractivity contribution in [3.63, 3.8) is 0 Å². The largest absolute Gasteiger partial charge is 1.00 e. The summed E-state index contributed by atoms with van der Waals surface area (Å²) in [5.41, 5.74) is 2.60. The van der Waals surface area contributed by atoms with Crippen molar-refractivity contribution < 1.29 is 38.5 Å². The van der Waals surface area contributed by atoms with Crippen LogP contribution in [0.15, 0.2) is 0 Å². The Morgan fingerprint density at radius 1 is 1.18 bits per heavy atom. The van der Waals surface area contributed by atoms with Gasteiger partial charge in [0.15, 0.2) is 0 Å². The van der Waals surface area contributed by atoms with Crippen molar-refractivity contribution in [1.29, 1.82) is 0 Å². The number of carbonyl (C=O) groups excluding carboxylic acids is 2. The third-order valence-corrected chi connectivity index (χ3v) is 6.00. The molecular formula is C22H30NO4Ru. The number of likely N-dealkylation sites (tertiary alicyclic amines) is 1. The molecule has 155 valence electrons. The van der Waals surface area contributed by atoms with Gasteiger partial charge < -0.3 is 19.2 Å². The van der Waals surface area contributed by atoms with E-state index >= 15 is 0 Å². The second-order valence-corrected chi connectivity index (χ2v) is 8.92. The molecule has 1 atom stereocenters. The van der Waals surface area contributed by atoms with Gasteiger partial charge in [0.2, 0.25) is 0 Å². The minimum absolute atomic E-state index is 0. The van der Waals surface area contributed by atoms with Gasteiger partial charge in [0.25, 0.3) is 0 Å². The molecule has 1 spiro atoms. The molecule has 1 fully saturated rings. The minimum Gasteiger partial charge on any atom is -0.530 e. The number of fused-ring (bicyclic) bond motifs is 1. The van der Waals surface area contributed by atoms with Gasteiger partial charge in [0, 0.05) is 37.6 Å². The van der Waals surface area contributed by atoms with Gasteiger partial charge in [0.05, 0.1) is 5.78 Å². The quantitative estimate of drug-likeness (QED) is 0.414. The molecule has 0 saturated carbocycles. The van der Waals surface area contributed by atoms with E-state index in [1.165, 1.54) is 0 Å². The zero-order valence-corrected chi connectivity index (χ0v) is 19.6. The van der Waals surface area contributed by atoms with Crippen molar-refractivity contribution in [2.45, 2.75) is 72.5 Å². The van der Waals surface area contributed by atoms with Gasteiger partial charge in [-0.15, -0.1) is 17.2 Å². The molecule has 1 amide bonds. The van der Waals surface area contributed by atoms with Gasteiger partial charge in [-0.25, -0.2) is 4.79 Å². The van der Waals surface area contributed by atoms with Gasteiger partial charge in [-0.05, 0) is 20.8 Å². The van der Waals surface area contributed by atoms with E-state index in [1.807, 2.05) is 48.5 Å². The maximum atomic E-state index is 13.1. The number of aryl methyl sites for hydroxylation is 1. The molecule has 1 unspecified atom stereocenters. The van der Waals surface area contributed by atoms with E-state index in [4.69, 9.17) is 9.47 Å². The van der Waals surface area contributed by atoms with Crippen LogP contribution >= 0.6 is 0 Å². The number of piperidine rings is 1. The molecule has 2 aliphatic rings. The first-order chi connectivity index (χ1) is 12.4. The molecular weight excluding hydrogens is 443 g/mol. The number of nitrogens with zero attached hydrogens (tertiary/aromatic N) is 1. The van der Waals surface area contributed by atoms with E-state index in [0.29, 0.717) is 37.2 Å². The van der Waals surface area contributed by atoms with Crippen molar-refractivity contribution >= 4 is 11.9 Å². The predicted molar refractivity (Wildman–Crippen MR) is 103 cm³/mol. The number of Topliss-reactive ketones (excluding diaryl/α,β-unsaturated/α-hetero) is 1. The van der Waals surface area contributed by atoms with Gasteiger partial charge >= 0.3 is 25.6 Å². The van der Waals surface area contributed by atoms with Crippen LogP contribution in [0, 0.1) is 32.8 Å². The Hall–Kier alpha value is -1.42. The first-order valence-electron chi connectivity index (χ1n) is 9.69. The number of hydrogen-bond acceptors (Lipinski definition) is 4. The van der Waals surface area contributed by atoms with Crippen molar-refractivity contribution in [2.24, 2.45) is 5.92 Å². The summed E-state index contributed by atoms with van der Waals surface area (Å²) in [6, 6.07) is 3.23. The predicted octanol–water partition coefficient (Wildman–Crippen LogP) is 4.39. The molecule has 1 aromatic carbocycles. The first-order valence-corrected chi connectivity index (χ1v) is 9.69. The van der Waals surface area contributed by atoms with E-state index in [9.17, 15) is 9.59 Å². The summed E-state index contributed by atoms with van der Waals surface area (Å²) >= 11 is 0. The number of carbonyl (C=O) groups is 2. The average molecular weight is 474 g/mol. The standard InChI is InChI=1S/C22H30NO4.Ru/c1-13-12-17-18(24)16(4)22(26-19(17)15(3)14(13)2)8-10-23(11-9-22)20(25)27-21(5,6)7;/h16H,8-11H2,1-7H3;/q-1;+1. The van der Waals surface area contributed by atoms with Crippen LogP contribution in [0.2, 0.25) is 0 Å². The van der Waals surface area contributed by atoms with Gasteiger partial charge in [-0.3, -0.25) is 0 Å². The molecule has 1 aromatic rings. The van der Waals surface area contributed by atoms with Gasteiger partial charge in [-0.1, -0.05) is 38.8 Å². The van der Waals surface area contributed by atoms with E-state index in [-0.39, 0.29) is 37.3 Å². The molecule has 1 radical (unpaired) electrons. The van der Waals surface area contributed by atoms with Gasteiger partial charge in [-0.2, -0.15) is 0 Å². The van der Waals surface area contributed by atoms with E-state index in [1.54, 1.807) is 4.90 Å². The fraction of sp³-hybridized carbons (Fsp3) is 0.636. The van der Waals surface area contributed by atoms with Crippen LogP contribution in [0.4, 0.5) is 4.79 Å². The van der Waals surface area contributed by atoms with E-state index < -0.39 is 11.2 Å². The monoisotopic (exact) mass is 474 g/mol. The van der Waals surface area contributed by atoms with Crippen LogP contribution in [0.25, 0.3) is 0 Å². The van der Waals surface area contributed by atoms with Crippen molar-refractivity contribution in [1.82, 2.24) is 4.90 Å². The van der Waals surface area contributed by atoms with Crippen LogP contribution in [0.3, 0.4) is 0 Å². The summed E-state index contributed by atoms with van der Waals surface area (Å²) < 4.78 is 12.0. The Balaban J connectivity index is 0.00000280. The molecule has 0 N–H and O–H groups in total. The second kappa shape index (κ2) is 7.78. The van der Waals surface area contributed by atoms with Crippen molar-refractivity contribution in [3.05, 3.63) is 28.3 Å². The topological polar surface area (TPSA) is 55.8 Å².